The summed E-state index contributed by atoms with van der Waals surface area (Å²) in [5.74, 6) is 0. The Labute approximate surface area is 281 Å². The summed E-state index contributed by atoms with van der Waals surface area (Å²) in [4.78, 5) is 2.36. The van der Waals surface area contributed by atoms with E-state index in [1.165, 1.54) is 65.1 Å². The van der Waals surface area contributed by atoms with E-state index in [4.69, 9.17) is 4.42 Å². The van der Waals surface area contributed by atoms with Crippen LogP contribution in [0.4, 0.5) is 17.1 Å². The molecule has 0 aliphatic heterocycles. The maximum Gasteiger partial charge on any atom is 0.137 e. The molecule has 0 atom stereocenters. The molecule has 1 aromatic heterocycles. The average molecular weight is 620 g/mol. The molecule has 1 aliphatic carbocycles. The summed E-state index contributed by atoms with van der Waals surface area (Å²) >= 11 is 0. The fourth-order valence-corrected chi connectivity index (χ4v) is 8.15. The lowest BCUT2D eigenvalue weighted by molar-refractivity contribution is 0.346. The second-order valence-electron chi connectivity index (χ2n) is 13.2. The Morgan fingerprint density at radius 2 is 1.04 bits per heavy atom. The number of anilines is 3. The first-order chi connectivity index (χ1) is 23.8. The van der Waals surface area contributed by atoms with E-state index in [9.17, 15) is 0 Å². The van der Waals surface area contributed by atoms with Crippen molar-refractivity contribution in [3.8, 4) is 11.1 Å². The minimum atomic E-state index is 0.0656. The molecule has 232 valence electrons. The molecule has 0 radical (unpaired) electrons. The van der Waals surface area contributed by atoms with Crippen molar-refractivity contribution in [1.82, 2.24) is 0 Å². The van der Waals surface area contributed by atoms with Gasteiger partial charge in [0, 0.05) is 39.3 Å². The highest BCUT2D eigenvalue weighted by atomic mass is 16.3. The van der Waals surface area contributed by atoms with Gasteiger partial charge in [-0.15, -0.1) is 0 Å². The predicted molar refractivity (Wildman–Crippen MR) is 202 cm³/mol. The van der Waals surface area contributed by atoms with Gasteiger partial charge in [0.1, 0.15) is 11.2 Å². The van der Waals surface area contributed by atoms with Crippen LogP contribution in [0.15, 0.2) is 168 Å². The van der Waals surface area contributed by atoms with Crippen LogP contribution in [0.5, 0.6) is 0 Å². The third kappa shape index (κ3) is 4.88. The highest BCUT2D eigenvalue weighted by molar-refractivity contribution is 6.06. The fraction of sp³-hybridized carbons (Fsp3) is 0.130. The Hall–Kier alpha value is -5.60. The molecule has 1 heterocycles. The number of hydrogen-bond donors (Lipinski definition) is 0. The maximum atomic E-state index is 6.37. The lowest BCUT2D eigenvalue weighted by Gasteiger charge is -2.39. The van der Waals surface area contributed by atoms with Crippen LogP contribution in [0.25, 0.3) is 43.8 Å². The minimum absolute atomic E-state index is 0.0656. The van der Waals surface area contributed by atoms with Gasteiger partial charge >= 0.3 is 0 Å². The zero-order valence-electron chi connectivity index (χ0n) is 27.0. The summed E-state index contributed by atoms with van der Waals surface area (Å²) < 4.78 is 6.37. The van der Waals surface area contributed by atoms with Gasteiger partial charge in [0.25, 0.3) is 0 Å². The van der Waals surface area contributed by atoms with E-state index in [2.05, 4.69) is 157 Å². The molecule has 0 spiro atoms. The fourth-order valence-electron chi connectivity index (χ4n) is 8.15. The van der Waals surface area contributed by atoms with Gasteiger partial charge in [-0.3, -0.25) is 0 Å². The molecule has 8 aromatic rings. The normalized spacial score (nSPS) is 14.4. The van der Waals surface area contributed by atoms with Crippen molar-refractivity contribution in [3.05, 3.63) is 175 Å². The van der Waals surface area contributed by atoms with Crippen molar-refractivity contribution in [2.75, 3.05) is 4.90 Å². The standard InChI is InChI=1S/C46H37NO/c1-3-14-35(15-4-1)46(30-9-2-10-31-46)36-22-26-38(27-23-36)47(39-28-29-43-42-17-7-8-19-44(42)48-45(43)32-39)37-24-20-34(21-25-37)41-18-11-13-33-12-5-6-16-40(33)41/h1,3-8,11-29,32H,2,9-10,30-31H2. The summed E-state index contributed by atoms with van der Waals surface area (Å²) in [6.07, 6.45) is 6.24. The molecule has 2 heteroatoms. The number of fused-ring (bicyclic) bond motifs is 4. The molecule has 0 unspecified atom stereocenters. The summed E-state index contributed by atoms with van der Waals surface area (Å²) in [5, 5.41) is 4.81. The number of nitrogens with zero attached hydrogens (tertiary/aromatic N) is 1. The number of rotatable bonds is 6. The van der Waals surface area contributed by atoms with Crippen LogP contribution in [0.2, 0.25) is 0 Å². The van der Waals surface area contributed by atoms with Gasteiger partial charge in [0.2, 0.25) is 0 Å². The van der Waals surface area contributed by atoms with E-state index in [1.54, 1.807) is 0 Å². The zero-order valence-corrected chi connectivity index (χ0v) is 27.0. The molecule has 1 fully saturated rings. The number of hydrogen-bond acceptors (Lipinski definition) is 2. The van der Waals surface area contributed by atoms with Crippen LogP contribution in [0, 0.1) is 0 Å². The lowest BCUT2D eigenvalue weighted by atomic mass is 9.65. The SMILES string of the molecule is c1ccc(C2(c3ccc(N(c4ccc(-c5cccc6ccccc56)cc4)c4ccc5c(c4)oc4ccccc45)cc3)CCCCC2)cc1. The van der Waals surface area contributed by atoms with E-state index in [1.807, 2.05) is 12.1 Å². The van der Waals surface area contributed by atoms with Gasteiger partial charge in [0.05, 0.1) is 0 Å². The zero-order chi connectivity index (χ0) is 31.9. The van der Waals surface area contributed by atoms with Gasteiger partial charge < -0.3 is 9.32 Å². The van der Waals surface area contributed by atoms with Crippen LogP contribution in [-0.2, 0) is 5.41 Å². The summed E-state index contributed by atoms with van der Waals surface area (Å²) in [7, 11) is 0. The Morgan fingerprint density at radius 1 is 0.438 bits per heavy atom. The molecule has 0 N–H and O–H groups in total. The first-order valence-electron chi connectivity index (χ1n) is 17.2. The predicted octanol–water partition coefficient (Wildman–Crippen LogP) is 13.1. The third-order valence-electron chi connectivity index (χ3n) is 10.6. The van der Waals surface area contributed by atoms with Crippen LogP contribution >= 0.6 is 0 Å². The Kier molecular flexibility index (Phi) is 7.08. The smallest absolute Gasteiger partial charge is 0.137 e. The molecular weight excluding hydrogens is 583 g/mol. The van der Waals surface area contributed by atoms with Crippen LogP contribution < -0.4 is 4.90 Å². The molecule has 48 heavy (non-hydrogen) atoms. The van der Waals surface area contributed by atoms with Crippen molar-refractivity contribution in [2.45, 2.75) is 37.5 Å². The second-order valence-corrected chi connectivity index (χ2v) is 13.2. The highest BCUT2D eigenvalue weighted by Crippen LogP contribution is 2.46. The first kappa shape index (κ1) is 28.6. The average Bonchev–Trinajstić information content (AvgIpc) is 3.54. The molecule has 7 aromatic carbocycles. The van der Waals surface area contributed by atoms with E-state index in [0.717, 1.165) is 39.0 Å². The second kappa shape index (κ2) is 11.9. The van der Waals surface area contributed by atoms with Gasteiger partial charge in [-0.1, -0.05) is 135 Å². The number of para-hydroxylation sites is 1. The summed E-state index contributed by atoms with van der Waals surface area (Å²) in [5.41, 5.74) is 10.5. The maximum absolute atomic E-state index is 6.37. The van der Waals surface area contributed by atoms with Crippen molar-refractivity contribution >= 4 is 49.8 Å². The molecule has 9 rings (SSSR count). The summed E-state index contributed by atoms with van der Waals surface area (Å²) in [6.45, 7) is 0. The van der Waals surface area contributed by atoms with Crippen LogP contribution in [0.1, 0.15) is 43.2 Å². The van der Waals surface area contributed by atoms with Gasteiger partial charge in [0.15, 0.2) is 0 Å². The largest absolute Gasteiger partial charge is 0.456 e. The van der Waals surface area contributed by atoms with E-state index >= 15 is 0 Å². The van der Waals surface area contributed by atoms with E-state index in [-0.39, 0.29) is 5.41 Å². The quantitative estimate of drug-likeness (QED) is 0.184. The monoisotopic (exact) mass is 619 g/mol. The van der Waals surface area contributed by atoms with E-state index in [0.29, 0.717) is 0 Å². The molecule has 2 nitrogen and oxygen atoms in total. The van der Waals surface area contributed by atoms with Crippen LogP contribution in [0.3, 0.4) is 0 Å². The van der Waals surface area contributed by atoms with Crippen LogP contribution in [-0.4, -0.2) is 0 Å². The Balaban J connectivity index is 1.16. The molecule has 1 aliphatic rings. The van der Waals surface area contributed by atoms with Crippen molar-refractivity contribution in [1.29, 1.82) is 0 Å². The number of furan rings is 1. The van der Waals surface area contributed by atoms with Gasteiger partial charge in [-0.25, -0.2) is 0 Å². The topological polar surface area (TPSA) is 16.4 Å². The molecule has 0 saturated heterocycles. The van der Waals surface area contributed by atoms with Gasteiger partial charge in [-0.05, 0) is 88.3 Å². The first-order valence-corrected chi connectivity index (χ1v) is 17.2. The summed E-state index contributed by atoms with van der Waals surface area (Å²) in [6, 6.07) is 59.6. The Bertz CT molecular complexity index is 2360. The lowest BCUT2D eigenvalue weighted by Crippen LogP contribution is -2.30. The number of benzene rings is 7. The van der Waals surface area contributed by atoms with Crippen molar-refractivity contribution in [3.63, 3.8) is 0 Å². The van der Waals surface area contributed by atoms with Crippen molar-refractivity contribution in [2.24, 2.45) is 0 Å². The van der Waals surface area contributed by atoms with Gasteiger partial charge in [-0.2, -0.15) is 0 Å². The minimum Gasteiger partial charge on any atom is -0.456 e. The molecular formula is C46H37NO. The molecule has 1 saturated carbocycles. The molecule has 0 amide bonds. The molecule has 0 bridgehead atoms. The van der Waals surface area contributed by atoms with E-state index < -0.39 is 0 Å². The van der Waals surface area contributed by atoms with Crippen molar-refractivity contribution < 1.29 is 4.42 Å². The highest BCUT2D eigenvalue weighted by Gasteiger charge is 2.35. The Morgan fingerprint density at radius 3 is 1.83 bits per heavy atom. The third-order valence-corrected chi connectivity index (χ3v) is 10.6.